The van der Waals surface area contributed by atoms with Crippen molar-refractivity contribution in [3.63, 3.8) is 0 Å². The number of amides is 1. The molecule has 0 aliphatic rings. The van der Waals surface area contributed by atoms with Gasteiger partial charge in [-0.25, -0.2) is 0 Å². The third-order valence-electron chi connectivity index (χ3n) is 3.21. The molecule has 1 atom stereocenters. The minimum absolute atomic E-state index is 0.228. The molecule has 5 heteroatoms. The molecule has 20 heavy (non-hydrogen) atoms. The maximum absolute atomic E-state index is 12.3. The molecule has 1 aromatic heterocycles. The van der Waals surface area contributed by atoms with E-state index in [1.165, 1.54) is 0 Å². The Morgan fingerprint density at radius 2 is 2.25 bits per heavy atom. The van der Waals surface area contributed by atoms with Gasteiger partial charge < -0.3 is 11.1 Å². The summed E-state index contributed by atoms with van der Waals surface area (Å²) < 4.78 is 0. The summed E-state index contributed by atoms with van der Waals surface area (Å²) in [6, 6.07) is 7.23. The number of hydrogen-bond acceptors (Lipinski definition) is 3. The number of anilines is 1. The van der Waals surface area contributed by atoms with Gasteiger partial charge in [0.25, 0.3) is 0 Å². The number of benzene rings is 1. The van der Waals surface area contributed by atoms with Crippen LogP contribution in [0.3, 0.4) is 0 Å². The van der Waals surface area contributed by atoms with Crippen LogP contribution in [0.1, 0.15) is 26.7 Å². The lowest BCUT2D eigenvalue weighted by atomic mass is 9.96. The minimum atomic E-state index is -0.905. The lowest BCUT2D eigenvalue weighted by Crippen LogP contribution is -2.48. The first-order valence-electron chi connectivity index (χ1n) is 6.58. The highest BCUT2D eigenvalue weighted by Gasteiger charge is 2.27. The van der Waals surface area contributed by atoms with Gasteiger partial charge in [0.2, 0.25) is 5.91 Å². The number of pyridine rings is 1. The normalized spacial score (nSPS) is 14.0. The summed E-state index contributed by atoms with van der Waals surface area (Å²) in [5.74, 6) is -0.228. The predicted molar refractivity (Wildman–Crippen MR) is 82.9 cm³/mol. The van der Waals surface area contributed by atoms with Crippen LogP contribution in [-0.4, -0.2) is 16.4 Å². The number of nitrogens with one attached hydrogen (secondary N) is 1. The second kappa shape index (κ2) is 5.77. The smallest absolute Gasteiger partial charge is 0.244 e. The maximum Gasteiger partial charge on any atom is 0.244 e. The fraction of sp³-hybridized carbons (Fsp3) is 0.333. The molecule has 106 valence electrons. The molecule has 0 aliphatic heterocycles. The second-order valence-electron chi connectivity index (χ2n) is 5.15. The summed E-state index contributed by atoms with van der Waals surface area (Å²) in [5, 5.41) is 4.27. The number of aromatic nitrogens is 1. The van der Waals surface area contributed by atoms with Gasteiger partial charge in [-0.1, -0.05) is 31.0 Å². The minimum Gasteiger partial charge on any atom is -0.323 e. The van der Waals surface area contributed by atoms with Gasteiger partial charge in [0.15, 0.2) is 0 Å². The Morgan fingerprint density at radius 1 is 1.50 bits per heavy atom. The largest absolute Gasteiger partial charge is 0.323 e. The van der Waals surface area contributed by atoms with Crippen LogP contribution in [0, 0.1) is 0 Å². The summed E-state index contributed by atoms with van der Waals surface area (Å²) in [4.78, 5) is 16.6. The Morgan fingerprint density at radius 3 is 2.95 bits per heavy atom. The number of halogens is 1. The Balaban J connectivity index is 2.36. The van der Waals surface area contributed by atoms with Crippen LogP contribution in [-0.2, 0) is 4.79 Å². The second-order valence-corrected chi connectivity index (χ2v) is 5.59. The van der Waals surface area contributed by atoms with Crippen molar-refractivity contribution in [3.8, 4) is 0 Å². The lowest BCUT2D eigenvalue weighted by Gasteiger charge is -2.23. The Bertz CT molecular complexity index is 640. The van der Waals surface area contributed by atoms with Crippen molar-refractivity contribution in [2.24, 2.45) is 5.73 Å². The molecule has 2 aromatic rings. The average Bonchev–Trinajstić information content (AvgIpc) is 2.38. The van der Waals surface area contributed by atoms with Crippen LogP contribution >= 0.6 is 11.6 Å². The van der Waals surface area contributed by atoms with Crippen molar-refractivity contribution >= 4 is 34.1 Å². The van der Waals surface area contributed by atoms with E-state index in [1.54, 1.807) is 19.2 Å². The quantitative estimate of drug-likeness (QED) is 0.908. The molecule has 0 saturated carbocycles. The zero-order valence-electron chi connectivity index (χ0n) is 11.6. The van der Waals surface area contributed by atoms with E-state index in [4.69, 9.17) is 17.3 Å². The van der Waals surface area contributed by atoms with Gasteiger partial charge in [0.05, 0.1) is 16.7 Å². The molecule has 0 fully saturated rings. The molecule has 1 unspecified atom stereocenters. The van der Waals surface area contributed by atoms with Gasteiger partial charge in [0, 0.05) is 16.6 Å². The van der Waals surface area contributed by atoms with Crippen LogP contribution in [0.15, 0.2) is 30.5 Å². The Hall–Kier alpha value is -1.65. The van der Waals surface area contributed by atoms with Gasteiger partial charge in [-0.05, 0) is 31.5 Å². The van der Waals surface area contributed by atoms with E-state index >= 15 is 0 Å². The highest BCUT2D eigenvalue weighted by molar-refractivity contribution is 6.32. The molecule has 1 aromatic carbocycles. The predicted octanol–water partition coefficient (Wildman–Crippen LogP) is 3.34. The SMILES string of the molecule is CCCC(C)(N)C(=O)Nc1cc(Cl)cc2cccnc12. The van der Waals surface area contributed by atoms with E-state index in [2.05, 4.69) is 10.3 Å². The van der Waals surface area contributed by atoms with Gasteiger partial charge in [-0.3, -0.25) is 9.78 Å². The van der Waals surface area contributed by atoms with Crippen molar-refractivity contribution in [3.05, 3.63) is 35.5 Å². The fourth-order valence-electron chi connectivity index (χ4n) is 2.15. The first kappa shape index (κ1) is 14.8. The Labute approximate surface area is 123 Å². The average molecular weight is 292 g/mol. The molecule has 3 N–H and O–H groups in total. The van der Waals surface area contributed by atoms with Crippen molar-refractivity contribution < 1.29 is 4.79 Å². The highest BCUT2D eigenvalue weighted by atomic mass is 35.5. The van der Waals surface area contributed by atoms with Gasteiger partial charge in [-0.2, -0.15) is 0 Å². The number of nitrogens with zero attached hydrogens (tertiary/aromatic N) is 1. The van der Waals surface area contributed by atoms with Crippen molar-refractivity contribution in [1.29, 1.82) is 0 Å². The summed E-state index contributed by atoms with van der Waals surface area (Å²) >= 11 is 6.07. The standard InChI is InChI=1S/C15H18ClN3O/c1-3-6-15(2,17)14(20)19-12-9-11(16)8-10-5-4-7-18-13(10)12/h4-5,7-9H,3,6,17H2,1-2H3,(H,19,20). The fourth-order valence-corrected chi connectivity index (χ4v) is 2.38. The molecular weight excluding hydrogens is 274 g/mol. The topological polar surface area (TPSA) is 68.0 Å². The first-order valence-corrected chi connectivity index (χ1v) is 6.96. The molecular formula is C15H18ClN3O. The lowest BCUT2D eigenvalue weighted by molar-refractivity contribution is -0.120. The molecule has 0 spiro atoms. The van der Waals surface area contributed by atoms with Crippen LogP contribution in [0.25, 0.3) is 10.9 Å². The maximum atomic E-state index is 12.3. The van der Waals surface area contributed by atoms with Gasteiger partial charge in [-0.15, -0.1) is 0 Å². The van der Waals surface area contributed by atoms with Crippen LogP contribution in [0.2, 0.25) is 5.02 Å². The van der Waals surface area contributed by atoms with E-state index < -0.39 is 5.54 Å². The molecule has 2 rings (SSSR count). The molecule has 0 radical (unpaired) electrons. The van der Waals surface area contributed by atoms with Crippen LogP contribution in [0.4, 0.5) is 5.69 Å². The van der Waals surface area contributed by atoms with E-state index in [-0.39, 0.29) is 5.91 Å². The summed E-state index contributed by atoms with van der Waals surface area (Å²) in [6.07, 6.45) is 3.14. The molecule has 4 nitrogen and oxygen atoms in total. The molecule has 1 heterocycles. The van der Waals surface area contributed by atoms with E-state index in [9.17, 15) is 4.79 Å². The molecule has 0 aliphatic carbocycles. The number of nitrogens with two attached hydrogens (primary N) is 1. The van der Waals surface area contributed by atoms with Crippen LogP contribution in [0.5, 0.6) is 0 Å². The number of hydrogen-bond donors (Lipinski definition) is 2. The molecule has 0 bridgehead atoms. The van der Waals surface area contributed by atoms with Crippen molar-refractivity contribution in [2.75, 3.05) is 5.32 Å². The van der Waals surface area contributed by atoms with Crippen LogP contribution < -0.4 is 11.1 Å². The first-order chi connectivity index (χ1) is 9.44. The summed E-state index contributed by atoms with van der Waals surface area (Å²) in [7, 11) is 0. The molecule has 0 saturated heterocycles. The number of rotatable bonds is 4. The van der Waals surface area contributed by atoms with E-state index in [0.29, 0.717) is 22.6 Å². The number of fused-ring (bicyclic) bond motifs is 1. The van der Waals surface area contributed by atoms with E-state index in [1.807, 2.05) is 25.1 Å². The summed E-state index contributed by atoms with van der Waals surface area (Å²) in [5.41, 5.74) is 6.43. The third kappa shape index (κ3) is 3.08. The third-order valence-corrected chi connectivity index (χ3v) is 3.42. The number of carbonyl (C=O) groups is 1. The van der Waals surface area contributed by atoms with Gasteiger partial charge in [0.1, 0.15) is 0 Å². The van der Waals surface area contributed by atoms with Crippen molar-refractivity contribution in [2.45, 2.75) is 32.2 Å². The monoisotopic (exact) mass is 291 g/mol. The molecule has 1 amide bonds. The summed E-state index contributed by atoms with van der Waals surface area (Å²) in [6.45, 7) is 3.72. The number of carbonyl (C=O) groups excluding carboxylic acids is 1. The zero-order valence-corrected chi connectivity index (χ0v) is 12.4. The van der Waals surface area contributed by atoms with E-state index in [0.717, 1.165) is 11.8 Å². The zero-order chi connectivity index (χ0) is 14.8. The van der Waals surface area contributed by atoms with Crippen molar-refractivity contribution in [1.82, 2.24) is 4.98 Å². The Kier molecular flexibility index (Phi) is 4.26. The highest BCUT2D eigenvalue weighted by Crippen LogP contribution is 2.27. The van der Waals surface area contributed by atoms with Gasteiger partial charge >= 0.3 is 0 Å².